The second-order valence-corrected chi connectivity index (χ2v) is 3.25. The molecule has 0 bridgehead atoms. The molecule has 1 aromatic rings. The number of methoxy groups -OCH3 is 1. The second kappa shape index (κ2) is 5.34. The highest BCUT2D eigenvalue weighted by atomic mass is 19.3. The number of nitrogens with two attached hydrogens (primary N) is 1. The Bertz CT molecular complexity index is 493. The largest absolute Gasteiger partial charge is 0.469 e. The number of rotatable bonds is 4. The maximum absolute atomic E-state index is 12.6. The SMILES string of the molecule is COC(=O)Cc1cc(N)c([N+](=O)[O-])c(C(F)F)n1. The number of anilines is 1. The van der Waals surface area contributed by atoms with Gasteiger partial charge in [-0.3, -0.25) is 14.9 Å². The van der Waals surface area contributed by atoms with E-state index in [0.29, 0.717) is 0 Å². The third kappa shape index (κ3) is 2.87. The smallest absolute Gasteiger partial charge is 0.319 e. The van der Waals surface area contributed by atoms with E-state index in [1.807, 2.05) is 0 Å². The predicted molar refractivity (Wildman–Crippen MR) is 56.0 cm³/mol. The first-order valence-electron chi connectivity index (χ1n) is 4.65. The number of nitrogens with zero attached hydrogens (tertiary/aromatic N) is 2. The molecule has 0 aliphatic heterocycles. The lowest BCUT2D eigenvalue weighted by Crippen LogP contribution is -2.10. The fraction of sp³-hybridized carbons (Fsp3) is 0.333. The number of esters is 1. The summed E-state index contributed by atoms with van der Waals surface area (Å²) in [4.78, 5) is 23.9. The number of carbonyl (C=O) groups excluding carboxylic acids is 1. The number of hydrogen-bond acceptors (Lipinski definition) is 6. The van der Waals surface area contributed by atoms with E-state index in [0.717, 1.165) is 13.2 Å². The lowest BCUT2D eigenvalue weighted by Gasteiger charge is -2.06. The van der Waals surface area contributed by atoms with Crippen molar-refractivity contribution in [2.75, 3.05) is 12.8 Å². The molecule has 0 fully saturated rings. The van der Waals surface area contributed by atoms with Crippen molar-refractivity contribution in [3.8, 4) is 0 Å². The van der Waals surface area contributed by atoms with Crippen LogP contribution in [0.25, 0.3) is 0 Å². The molecule has 18 heavy (non-hydrogen) atoms. The molecule has 1 aromatic heterocycles. The fourth-order valence-corrected chi connectivity index (χ4v) is 1.30. The van der Waals surface area contributed by atoms with Crippen LogP contribution in [0.2, 0.25) is 0 Å². The molecule has 0 spiro atoms. The van der Waals surface area contributed by atoms with Gasteiger partial charge in [0.1, 0.15) is 5.69 Å². The molecule has 0 aromatic carbocycles. The summed E-state index contributed by atoms with van der Waals surface area (Å²) in [6.07, 6.45) is -3.55. The lowest BCUT2D eigenvalue weighted by atomic mass is 10.2. The first-order valence-corrected chi connectivity index (χ1v) is 4.65. The molecule has 0 saturated heterocycles. The topological polar surface area (TPSA) is 108 Å². The van der Waals surface area contributed by atoms with Crippen LogP contribution in [-0.2, 0) is 16.0 Å². The average molecular weight is 261 g/mol. The van der Waals surface area contributed by atoms with Gasteiger partial charge < -0.3 is 10.5 Å². The van der Waals surface area contributed by atoms with E-state index in [1.54, 1.807) is 0 Å². The van der Waals surface area contributed by atoms with Crippen molar-refractivity contribution in [2.24, 2.45) is 0 Å². The van der Waals surface area contributed by atoms with Crippen molar-refractivity contribution in [1.82, 2.24) is 4.98 Å². The molecule has 98 valence electrons. The summed E-state index contributed by atoms with van der Waals surface area (Å²) >= 11 is 0. The number of aromatic nitrogens is 1. The van der Waals surface area contributed by atoms with Crippen molar-refractivity contribution in [2.45, 2.75) is 12.8 Å². The van der Waals surface area contributed by atoms with E-state index in [9.17, 15) is 23.7 Å². The number of nitro groups is 1. The number of nitrogen functional groups attached to an aromatic ring is 1. The van der Waals surface area contributed by atoms with Crippen molar-refractivity contribution >= 4 is 17.3 Å². The highest BCUT2D eigenvalue weighted by Crippen LogP contribution is 2.32. The summed E-state index contributed by atoms with van der Waals surface area (Å²) in [5.74, 6) is -0.712. The summed E-state index contributed by atoms with van der Waals surface area (Å²) in [7, 11) is 1.12. The van der Waals surface area contributed by atoms with Crippen LogP contribution in [-0.4, -0.2) is 23.0 Å². The number of ether oxygens (including phenoxy) is 1. The van der Waals surface area contributed by atoms with Gasteiger partial charge in [-0.15, -0.1) is 0 Å². The van der Waals surface area contributed by atoms with Gasteiger partial charge in [0.05, 0.1) is 24.1 Å². The molecule has 0 aliphatic carbocycles. The minimum absolute atomic E-state index is 0.111. The molecule has 1 heterocycles. The standard InChI is InChI=1S/C9H9F2N3O4/c1-18-6(15)3-4-2-5(12)8(14(16)17)7(13-4)9(10)11/h2,9H,3H2,1H3,(H2,12,13). The molecular formula is C9H9F2N3O4. The molecule has 0 saturated carbocycles. The first kappa shape index (κ1) is 13.7. The van der Waals surface area contributed by atoms with Crippen LogP contribution in [0.1, 0.15) is 17.8 Å². The van der Waals surface area contributed by atoms with E-state index in [4.69, 9.17) is 5.73 Å². The molecule has 0 amide bonds. The highest BCUT2D eigenvalue weighted by Gasteiger charge is 2.28. The lowest BCUT2D eigenvalue weighted by molar-refractivity contribution is -0.385. The molecule has 2 N–H and O–H groups in total. The molecular weight excluding hydrogens is 252 g/mol. The van der Waals surface area contributed by atoms with Crippen LogP contribution >= 0.6 is 0 Å². The molecule has 0 radical (unpaired) electrons. The number of pyridine rings is 1. The van der Waals surface area contributed by atoms with Gasteiger partial charge in [0.15, 0.2) is 5.69 Å². The Hall–Kier alpha value is -2.32. The van der Waals surface area contributed by atoms with Crippen LogP contribution < -0.4 is 5.73 Å². The van der Waals surface area contributed by atoms with Gasteiger partial charge in [-0.1, -0.05) is 0 Å². The number of hydrogen-bond donors (Lipinski definition) is 1. The third-order valence-electron chi connectivity index (χ3n) is 2.04. The Kier molecular flexibility index (Phi) is 4.08. The highest BCUT2D eigenvalue weighted by molar-refractivity contribution is 5.73. The van der Waals surface area contributed by atoms with Gasteiger partial charge in [0.25, 0.3) is 6.43 Å². The zero-order valence-corrected chi connectivity index (χ0v) is 9.22. The minimum atomic E-state index is -3.16. The van der Waals surface area contributed by atoms with Gasteiger partial charge in [0, 0.05) is 0 Å². The molecule has 7 nitrogen and oxygen atoms in total. The van der Waals surface area contributed by atoms with Crippen molar-refractivity contribution < 1.29 is 23.2 Å². The Morgan fingerprint density at radius 1 is 1.67 bits per heavy atom. The molecule has 0 aliphatic rings. The Morgan fingerprint density at radius 2 is 2.28 bits per heavy atom. The quantitative estimate of drug-likeness (QED) is 0.496. The molecule has 0 atom stereocenters. The Morgan fingerprint density at radius 3 is 2.72 bits per heavy atom. The van der Waals surface area contributed by atoms with Crippen LogP contribution in [0.4, 0.5) is 20.2 Å². The molecule has 9 heteroatoms. The van der Waals surface area contributed by atoms with E-state index in [2.05, 4.69) is 9.72 Å². The van der Waals surface area contributed by atoms with Crippen LogP contribution in [0, 0.1) is 10.1 Å². The third-order valence-corrected chi connectivity index (χ3v) is 2.04. The van der Waals surface area contributed by atoms with Gasteiger partial charge >= 0.3 is 11.7 Å². The summed E-state index contributed by atoms with van der Waals surface area (Å²) in [6.45, 7) is 0. The maximum Gasteiger partial charge on any atom is 0.319 e. The van der Waals surface area contributed by atoms with Crippen LogP contribution in [0.15, 0.2) is 6.07 Å². The number of halogens is 2. The fourth-order valence-electron chi connectivity index (χ4n) is 1.30. The van der Waals surface area contributed by atoms with Gasteiger partial charge in [0.2, 0.25) is 0 Å². The summed E-state index contributed by atoms with van der Waals surface area (Å²) < 4.78 is 29.6. The normalized spacial score (nSPS) is 10.4. The zero-order chi connectivity index (χ0) is 13.9. The van der Waals surface area contributed by atoms with Gasteiger partial charge in [-0.25, -0.2) is 13.8 Å². The number of alkyl halides is 2. The van der Waals surface area contributed by atoms with Gasteiger partial charge in [-0.05, 0) is 6.07 Å². The average Bonchev–Trinajstić information content (AvgIpc) is 2.27. The van der Waals surface area contributed by atoms with Crippen molar-refractivity contribution in [1.29, 1.82) is 0 Å². The van der Waals surface area contributed by atoms with E-state index < -0.39 is 40.8 Å². The second-order valence-electron chi connectivity index (χ2n) is 3.25. The van der Waals surface area contributed by atoms with Crippen LogP contribution in [0.5, 0.6) is 0 Å². The van der Waals surface area contributed by atoms with Crippen molar-refractivity contribution in [3.63, 3.8) is 0 Å². The minimum Gasteiger partial charge on any atom is -0.469 e. The van der Waals surface area contributed by atoms with Gasteiger partial charge in [-0.2, -0.15) is 0 Å². The summed E-state index contributed by atoms with van der Waals surface area (Å²) in [5, 5.41) is 10.6. The maximum atomic E-state index is 12.6. The van der Waals surface area contributed by atoms with E-state index >= 15 is 0 Å². The zero-order valence-electron chi connectivity index (χ0n) is 9.22. The summed E-state index contributed by atoms with van der Waals surface area (Å²) in [5.41, 5.74) is 2.73. The monoisotopic (exact) mass is 261 g/mol. The Labute approximate surface area is 99.7 Å². The Balaban J connectivity index is 3.27. The summed E-state index contributed by atoms with van der Waals surface area (Å²) in [6, 6.07) is 1.00. The molecule has 1 rings (SSSR count). The van der Waals surface area contributed by atoms with Crippen LogP contribution in [0.3, 0.4) is 0 Å². The predicted octanol–water partition coefficient (Wildman–Crippen LogP) is 1.23. The number of carbonyl (C=O) groups is 1. The molecule has 0 unspecified atom stereocenters. The van der Waals surface area contributed by atoms with E-state index in [-0.39, 0.29) is 5.69 Å². The first-order chi connectivity index (χ1) is 8.36. The van der Waals surface area contributed by atoms with E-state index in [1.165, 1.54) is 0 Å². The van der Waals surface area contributed by atoms with Crippen molar-refractivity contribution in [3.05, 3.63) is 27.6 Å².